The van der Waals surface area contributed by atoms with Gasteiger partial charge >= 0.3 is 5.97 Å². The molecule has 2 rings (SSSR count). The number of rotatable bonds is 9. The van der Waals surface area contributed by atoms with Crippen LogP contribution < -0.4 is 16.0 Å². The number of carboxylic acid groups (broad SMARTS) is 1. The Morgan fingerprint density at radius 1 is 1.31 bits per heavy atom. The first-order valence-corrected chi connectivity index (χ1v) is 9.72. The standard InChI is InChI=1S/C19H28N4O6/c1-10(2)7-13(21-18(26)14-8-11(3)29-23-14)17(25)22-15(19(27)28)9-12-5-4-6-20-16(12)24/h8,10,12-13,15H,4-7,9H2,1-3H3,(H,20,24)(H,21,26)(H,22,25)(H,27,28)/t12-,13?,15?/m0/s1. The number of carboxylic acids is 1. The monoisotopic (exact) mass is 408 g/mol. The molecule has 1 saturated heterocycles. The second-order valence-corrected chi connectivity index (χ2v) is 7.74. The van der Waals surface area contributed by atoms with Crippen LogP contribution in [0.1, 0.15) is 55.8 Å². The van der Waals surface area contributed by atoms with Gasteiger partial charge in [0.05, 0.1) is 0 Å². The van der Waals surface area contributed by atoms with Crippen molar-refractivity contribution in [2.45, 2.75) is 58.5 Å². The number of hydrogen-bond acceptors (Lipinski definition) is 6. The zero-order chi connectivity index (χ0) is 21.6. The van der Waals surface area contributed by atoms with Gasteiger partial charge in [0.1, 0.15) is 17.8 Å². The van der Waals surface area contributed by atoms with Gasteiger partial charge in [-0.2, -0.15) is 0 Å². The first-order valence-electron chi connectivity index (χ1n) is 9.72. The van der Waals surface area contributed by atoms with Crippen molar-refractivity contribution in [3.63, 3.8) is 0 Å². The Morgan fingerprint density at radius 3 is 2.59 bits per heavy atom. The molecule has 3 amide bonds. The van der Waals surface area contributed by atoms with Crippen LogP contribution in [0.3, 0.4) is 0 Å². The Labute approximate surface area is 168 Å². The molecule has 2 heterocycles. The topological polar surface area (TPSA) is 151 Å². The minimum Gasteiger partial charge on any atom is -0.480 e. The van der Waals surface area contributed by atoms with Crippen LogP contribution in [0.2, 0.25) is 0 Å². The third-order valence-corrected chi connectivity index (χ3v) is 4.72. The van der Waals surface area contributed by atoms with Gasteiger partial charge in [-0.05, 0) is 38.5 Å². The second-order valence-electron chi connectivity index (χ2n) is 7.74. The third-order valence-electron chi connectivity index (χ3n) is 4.72. The summed E-state index contributed by atoms with van der Waals surface area (Å²) in [5.41, 5.74) is 0.0396. The average Bonchev–Trinajstić information content (AvgIpc) is 3.08. The molecule has 1 aromatic heterocycles. The molecule has 1 fully saturated rings. The molecule has 160 valence electrons. The maximum atomic E-state index is 12.8. The minimum atomic E-state index is -1.22. The Morgan fingerprint density at radius 2 is 2.03 bits per heavy atom. The van der Waals surface area contributed by atoms with Gasteiger partial charge in [-0.15, -0.1) is 0 Å². The van der Waals surface area contributed by atoms with E-state index in [4.69, 9.17) is 4.52 Å². The van der Waals surface area contributed by atoms with Crippen molar-refractivity contribution in [2.24, 2.45) is 11.8 Å². The molecule has 0 aromatic carbocycles. The number of nitrogens with zero attached hydrogens (tertiary/aromatic N) is 1. The maximum absolute atomic E-state index is 12.8. The number of carbonyl (C=O) groups excluding carboxylic acids is 3. The quantitative estimate of drug-likeness (QED) is 0.467. The van der Waals surface area contributed by atoms with Crippen LogP contribution in [-0.4, -0.2) is 52.6 Å². The SMILES string of the molecule is Cc1cc(C(=O)NC(CC(C)C)C(=O)NC(C[C@@H]2CCCNC2=O)C(=O)O)no1. The Hall–Kier alpha value is -2.91. The van der Waals surface area contributed by atoms with Crippen molar-refractivity contribution in [3.8, 4) is 0 Å². The van der Waals surface area contributed by atoms with Gasteiger partial charge in [0.25, 0.3) is 5.91 Å². The van der Waals surface area contributed by atoms with Crippen molar-refractivity contribution in [1.29, 1.82) is 0 Å². The van der Waals surface area contributed by atoms with Crippen LogP contribution in [0.15, 0.2) is 10.6 Å². The van der Waals surface area contributed by atoms with Crippen LogP contribution in [0.25, 0.3) is 0 Å². The number of piperidine rings is 1. The zero-order valence-corrected chi connectivity index (χ0v) is 16.9. The summed E-state index contributed by atoms with van der Waals surface area (Å²) in [4.78, 5) is 48.7. The predicted molar refractivity (Wildman–Crippen MR) is 102 cm³/mol. The molecule has 10 heteroatoms. The van der Waals surface area contributed by atoms with Gasteiger partial charge < -0.3 is 25.6 Å². The van der Waals surface area contributed by atoms with Crippen LogP contribution in [0.5, 0.6) is 0 Å². The van der Waals surface area contributed by atoms with Gasteiger partial charge in [-0.1, -0.05) is 19.0 Å². The zero-order valence-electron chi connectivity index (χ0n) is 16.9. The summed E-state index contributed by atoms with van der Waals surface area (Å²) >= 11 is 0. The molecule has 0 aliphatic carbocycles. The summed E-state index contributed by atoms with van der Waals surface area (Å²) in [6, 6.07) is -0.722. The summed E-state index contributed by atoms with van der Waals surface area (Å²) in [7, 11) is 0. The number of carbonyl (C=O) groups is 4. The average molecular weight is 408 g/mol. The molecular weight excluding hydrogens is 380 g/mol. The first kappa shape index (κ1) is 22.4. The van der Waals surface area contributed by atoms with E-state index in [1.165, 1.54) is 6.07 Å². The molecule has 1 aliphatic rings. The van der Waals surface area contributed by atoms with Gasteiger partial charge in [0.15, 0.2) is 5.69 Å². The van der Waals surface area contributed by atoms with Crippen LogP contribution in [0, 0.1) is 18.8 Å². The summed E-state index contributed by atoms with van der Waals surface area (Å²) in [6.07, 6.45) is 1.64. The molecule has 1 aromatic rings. The summed E-state index contributed by atoms with van der Waals surface area (Å²) in [5.74, 6) is -2.57. The van der Waals surface area contributed by atoms with E-state index in [-0.39, 0.29) is 23.9 Å². The Bertz CT molecular complexity index is 760. The van der Waals surface area contributed by atoms with E-state index in [1.54, 1.807) is 6.92 Å². The molecule has 29 heavy (non-hydrogen) atoms. The molecule has 1 aliphatic heterocycles. The van der Waals surface area contributed by atoms with Crippen molar-refractivity contribution < 1.29 is 28.8 Å². The number of aryl methyl sites for hydroxylation is 1. The lowest BCUT2D eigenvalue weighted by Crippen LogP contribution is -2.53. The van der Waals surface area contributed by atoms with E-state index in [1.807, 2.05) is 13.8 Å². The lowest BCUT2D eigenvalue weighted by molar-refractivity contribution is -0.143. The molecule has 0 saturated carbocycles. The highest BCUT2D eigenvalue weighted by atomic mass is 16.5. The number of aromatic nitrogens is 1. The molecule has 3 atom stereocenters. The number of nitrogens with one attached hydrogen (secondary N) is 3. The normalized spacial score (nSPS) is 18.6. The summed E-state index contributed by atoms with van der Waals surface area (Å²) < 4.78 is 4.87. The number of amides is 3. The van der Waals surface area contributed by atoms with E-state index >= 15 is 0 Å². The molecule has 10 nitrogen and oxygen atoms in total. The Kier molecular flexibility index (Phi) is 7.74. The third kappa shape index (κ3) is 6.58. The summed E-state index contributed by atoms with van der Waals surface area (Å²) in [6.45, 7) is 5.98. The van der Waals surface area contributed by atoms with Crippen LogP contribution in [-0.2, 0) is 14.4 Å². The summed E-state index contributed by atoms with van der Waals surface area (Å²) in [5, 5.41) is 20.9. The molecule has 0 radical (unpaired) electrons. The lowest BCUT2D eigenvalue weighted by Gasteiger charge is -2.26. The van der Waals surface area contributed by atoms with Crippen LogP contribution in [0.4, 0.5) is 0 Å². The highest BCUT2D eigenvalue weighted by Crippen LogP contribution is 2.18. The van der Waals surface area contributed by atoms with Gasteiger partial charge in [0.2, 0.25) is 11.8 Å². The first-order chi connectivity index (χ1) is 13.7. The fourth-order valence-corrected chi connectivity index (χ4v) is 3.25. The van der Waals surface area contributed by atoms with E-state index in [0.717, 1.165) is 6.42 Å². The second kappa shape index (κ2) is 10.0. The van der Waals surface area contributed by atoms with E-state index in [2.05, 4.69) is 21.1 Å². The highest BCUT2D eigenvalue weighted by molar-refractivity contribution is 5.96. The maximum Gasteiger partial charge on any atom is 0.326 e. The van der Waals surface area contributed by atoms with Crippen molar-refractivity contribution in [3.05, 3.63) is 17.5 Å². The van der Waals surface area contributed by atoms with Crippen molar-refractivity contribution in [2.75, 3.05) is 6.54 Å². The molecule has 2 unspecified atom stereocenters. The predicted octanol–water partition coefficient (Wildman–Crippen LogP) is 0.613. The van der Waals surface area contributed by atoms with E-state index in [9.17, 15) is 24.3 Å². The van der Waals surface area contributed by atoms with Crippen molar-refractivity contribution in [1.82, 2.24) is 21.1 Å². The van der Waals surface area contributed by atoms with Crippen molar-refractivity contribution >= 4 is 23.7 Å². The largest absolute Gasteiger partial charge is 0.480 e. The smallest absolute Gasteiger partial charge is 0.326 e. The number of hydrogen-bond donors (Lipinski definition) is 4. The molecular formula is C19H28N4O6. The van der Waals surface area contributed by atoms with Gasteiger partial charge in [-0.3, -0.25) is 14.4 Å². The molecule has 0 spiro atoms. The minimum absolute atomic E-state index is 0.00225. The van der Waals surface area contributed by atoms with E-state index < -0.39 is 35.8 Å². The van der Waals surface area contributed by atoms with E-state index in [0.29, 0.717) is 25.1 Å². The number of aliphatic carboxylic acids is 1. The van der Waals surface area contributed by atoms with Gasteiger partial charge in [0, 0.05) is 18.5 Å². The van der Waals surface area contributed by atoms with Crippen LogP contribution >= 0.6 is 0 Å². The fraction of sp³-hybridized carbons (Fsp3) is 0.632. The Balaban J connectivity index is 2.06. The highest BCUT2D eigenvalue weighted by Gasteiger charge is 2.32. The van der Waals surface area contributed by atoms with Gasteiger partial charge in [-0.25, -0.2) is 4.79 Å². The molecule has 4 N–H and O–H groups in total. The molecule has 0 bridgehead atoms. The lowest BCUT2D eigenvalue weighted by atomic mass is 9.91. The fourth-order valence-electron chi connectivity index (χ4n) is 3.25.